The first-order chi connectivity index (χ1) is 12.3. The van der Waals surface area contributed by atoms with E-state index in [1.807, 2.05) is 32.9 Å². The maximum atomic E-state index is 12.9. The van der Waals surface area contributed by atoms with E-state index in [0.29, 0.717) is 36.6 Å². The molecule has 6 heteroatoms. The molecule has 0 atom stereocenters. The zero-order chi connectivity index (χ0) is 18.9. The number of carbonyl (C=O) groups excluding carboxylic acids is 1. The number of amides is 1. The average Bonchev–Trinajstić information content (AvgIpc) is 2.65. The van der Waals surface area contributed by atoms with Crippen molar-refractivity contribution in [1.82, 2.24) is 9.21 Å². The summed E-state index contributed by atoms with van der Waals surface area (Å²) in [6.45, 7) is 7.39. The standard InChI is InChI=1S/C20H24N2O3S/c1-15-13-17(3)19(14-16(15)2)20(23)21-9-11-22(12-10-21)26(24,25)18-7-5-4-6-8-18/h4-8,13-14H,9-12H2,1-3H3. The van der Waals surface area contributed by atoms with Crippen LogP contribution in [0.4, 0.5) is 0 Å². The minimum absolute atomic E-state index is 0.0256. The summed E-state index contributed by atoms with van der Waals surface area (Å²) in [6, 6.07) is 12.4. The molecule has 0 N–H and O–H groups in total. The topological polar surface area (TPSA) is 57.7 Å². The Morgan fingerprint density at radius 1 is 0.846 bits per heavy atom. The van der Waals surface area contributed by atoms with Crippen molar-refractivity contribution in [1.29, 1.82) is 0 Å². The summed E-state index contributed by atoms with van der Waals surface area (Å²) in [4.78, 5) is 14.9. The molecule has 0 saturated carbocycles. The van der Waals surface area contributed by atoms with Gasteiger partial charge in [0.15, 0.2) is 0 Å². The zero-order valence-corrected chi connectivity index (χ0v) is 16.2. The third kappa shape index (κ3) is 3.52. The SMILES string of the molecule is Cc1cc(C)c(C(=O)N2CCN(S(=O)(=O)c3ccccc3)CC2)cc1C. The molecule has 1 aliphatic heterocycles. The van der Waals surface area contributed by atoms with E-state index in [1.165, 1.54) is 4.31 Å². The van der Waals surface area contributed by atoms with Crippen molar-refractivity contribution in [2.75, 3.05) is 26.2 Å². The van der Waals surface area contributed by atoms with Crippen LogP contribution in [-0.4, -0.2) is 49.7 Å². The van der Waals surface area contributed by atoms with Gasteiger partial charge in [-0.1, -0.05) is 24.3 Å². The lowest BCUT2D eigenvalue weighted by Gasteiger charge is -2.34. The van der Waals surface area contributed by atoms with Crippen LogP contribution < -0.4 is 0 Å². The molecule has 0 bridgehead atoms. The number of benzene rings is 2. The summed E-state index contributed by atoms with van der Waals surface area (Å²) in [5, 5.41) is 0. The van der Waals surface area contributed by atoms with Gasteiger partial charge in [0.2, 0.25) is 10.0 Å². The molecule has 5 nitrogen and oxygen atoms in total. The van der Waals surface area contributed by atoms with Gasteiger partial charge >= 0.3 is 0 Å². The number of hydrogen-bond acceptors (Lipinski definition) is 3. The van der Waals surface area contributed by atoms with Gasteiger partial charge in [0.25, 0.3) is 5.91 Å². The number of rotatable bonds is 3. The van der Waals surface area contributed by atoms with E-state index in [0.717, 1.165) is 16.7 Å². The van der Waals surface area contributed by atoms with Crippen LogP contribution in [0.15, 0.2) is 47.4 Å². The van der Waals surface area contributed by atoms with Crippen LogP contribution in [0.1, 0.15) is 27.0 Å². The molecule has 0 spiro atoms. The monoisotopic (exact) mass is 372 g/mol. The van der Waals surface area contributed by atoms with Crippen molar-refractivity contribution in [3.05, 3.63) is 64.7 Å². The summed E-state index contributed by atoms with van der Waals surface area (Å²) in [6.07, 6.45) is 0. The first-order valence-electron chi connectivity index (χ1n) is 8.73. The van der Waals surface area contributed by atoms with E-state index in [-0.39, 0.29) is 5.91 Å². The van der Waals surface area contributed by atoms with E-state index in [4.69, 9.17) is 0 Å². The Bertz CT molecular complexity index is 916. The smallest absolute Gasteiger partial charge is 0.254 e. The van der Waals surface area contributed by atoms with Crippen molar-refractivity contribution in [2.24, 2.45) is 0 Å². The van der Waals surface area contributed by atoms with Crippen molar-refractivity contribution in [2.45, 2.75) is 25.7 Å². The van der Waals surface area contributed by atoms with Gasteiger partial charge in [-0.05, 0) is 55.7 Å². The molecule has 1 saturated heterocycles. The molecule has 2 aromatic carbocycles. The number of piperazine rings is 1. The fraction of sp³-hybridized carbons (Fsp3) is 0.350. The fourth-order valence-corrected chi connectivity index (χ4v) is 4.68. The number of sulfonamides is 1. The van der Waals surface area contributed by atoms with Crippen LogP contribution in [0.2, 0.25) is 0 Å². The van der Waals surface area contributed by atoms with Crippen molar-refractivity contribution >= 4 is 15.9 Å². The van der Waals surface area contributed by atoms with Crippen molar-refractivity contribution in [3.63, 3.8) is 0 Å². The molecule has 1 heterocycles. The van der Waals surface area contributed by atoms with E-state index in [1.54, 1.807) is 35.2 Å². The summed E-state index contributed by atoms with van der Waals surface area (Å²) >= 11 is 0. The largest absolute Gasteiger partial charge is 0.336 e. The molecule has 0 aromatic heterocycles. The lowest BCUT2D eigenvalue weighted by Crippen LogP contribution is -2.50. The van der Waals surface area contributed by atoms with E-state index in [9.17, 15) is 13.2 Å². The van der Waals surface area contributed by atoms with Crippen molar-refractivity contribution in [3.8, 4) is 0 Å². The Hall–Kier alpha value is -2.18. The van der Waals surface area contributed by atoms with Gasteiger partial charge < -0.3 is 4.90 Å². The summed E-state index contributed by atoms with van der Waals surface area (Å²) in [5.41, 5.74) is 3.91. The average molecular weight is 372 g/mol. The molecule has 1 fully saturated rings. The number of hydrogen-bond donors (Lipinski definition) is 0. The normalized spacial score (nSPS) is 15.9. The van der Waals surface area contributed by atoms with E-state index in [2.05, 4.69) is 0 Å². The van der Waals surface area contributed by atoms with Gasteiger partial charge in [-0.3, -0.25) is 4.79 Å². The Morgan fingerprint density at radius 3 is 2.04 bits per heavy atom. The van der Waals surface area contributed by atoms with Gasteiger partial charge in [0.1, 0.15) is 0 Å². The van der Waals surface area contributed by atoms with Gasteiger partial charge in [-0.2, -0.15) is 4.31 Å². The lowest BCUT2D eigenvalue weighted by molar-refractivity contribution is 0.0697. The Labute approximate surface area is 155 Å². The fourth-order valence-electron chi connectivity index (χ4n) is 3.23. The second kappa shape index (κ2) is 7.21. The third-order valence-electron chi connectivity index (χ3n) is 4.98. The van der Waals surface area contributed by atoms with Crippen molar-refractivity contribution < 1.29 is 13.2 Å². The molecule has 0 radical (unpaired) electrons. The minimum Gasteiger partial charge on any atom is -0.336 e. The second-order valence-corrected chi connectivity index (χ2v) is 8.70. The highest BCUT2D eigenvalue weighted by molar-refractivity contribution is 7.89. The first-order valence-corrected chi connectivity index (χ1v) is 10.2. The first kappa shape index (κ1) is 18.6. The maximum absolute atomic E-state index is 12.9. The summed E-state index contributed by atoms with van der Waals surface area (Å²) < 4.78 is 26.8. The van der Waals surface area contributed by atoms with E-state index >= 15 is 0 Å². The summed E-state index contributed by atoms with van der Waals surface area (Å²) in [7, 11) is -3.50. The molecule has 0 aliphatic carbocycles. The van der Waals surface area contributed by atoms with Gasteiger partial charge in [-0.25, -0.2) is 8.42 Å². The highest BCUT2D eigenvalue weighted by Gasteiger charge is 2.30. The highest BCUT2D eigenvalue weighted by atomic mass is 32.2. The molecular formula is C20H24N2O3S. The Balaban J connectivity index is 1.73. The summed E-state index contributed by atoms with van der Waals surface area (Å²) in [5.74, 6) is -0.0256. The molecular weight excluding hydrogens is 348 g/mol. The van der Waals surface area contributed by atoms with Crippen LogP contribution in [0.3, 0.4) is 0 Å². The Morgan fingerprint density at radius 2 is 1.42 bits per heavy atom. The predicted octanol–water partition coefficient (Wildman–Crippen LogP) is 2.76. The highest BCUT2D eigenvalue weighted by Crippen LogP contribution is 2.20. The second-order valence-electron chi connectivity index (χ2n) is 6.76. The van der Waals surface area contributed by atoms with Crippen LogP contribution in [-0.2, 0) is 10.0 Å². The quantitative estimate of drug-likeness (QED) is 0.832. The molecule has 0 unspecified atom stereocenters. The maximum Gasteiger partial charge on any atom is 0.254 e. The molecule has 3 rings (SSSR count). The third-order valence-corrected chi connectivity index (χ3v) is 6.89. The molecule has 138 valence electrons. The molecule has 1 aliphatic rings. The van der Waals surface area contributed by atoms with Crippen LogP contribution >= 0.6 is 0 Å². The molecule has 1 amide bonds. The van der Waals surface area contributed by atoms with Crippen LogP contribution in [0, 0.1) is 20.8 Å². The molecule has 26 heavy (non-hydrogen) atoms. The zero-order valence-electron chi connectivity index (χ0n) is 15.4. The van der Waals surface area contributed by atoms with Gasteiger partial charge in [-0.15, -0.1) is 0 Å². The van der Waals surface area contributed by atoms with E-state index < -0.39 is 10.0 Å². The molecule has 2 aromatic rings. The van der Waals surface area contributed by atoms with Gasteiger partial charge in [0, 0.05) is 31.7 Å². The number of aryl methyl sites for hydroxylation is 3. The Kier molecular flexibility index (Phi) is 5.16. The van der Waals surface area contributed by atoms with Crippen LogP contribution in [0.25, 0.3) is 0 Å². The van der Waals surface area contributed by atoms with Crippen LogP contribution in [0.5, 0.6) is 0 Å². The number of carbonyl (C=O) groups is 1. The minimum atomic E-state index is -3.50. The number of nitrogens with zero attached hydrogens (tertiary/aromatic N) is 2. The lowest BCUT2D eigenvalue weighted by atomic mass is 10.00. The van der Waals surface area contributed by atoms with Gasteiger partial charge in [0.05, 0.1) is 4.90 Å². The predicted molar refractivity (Wildman–Crippen MR) is 102 cm³/mol.